The van der Waals surface area contributed by atoms with E-state index in [0.29, 0.717) is 6.54 Å². The molecular formula is C17H11F3N4OS. The number of hydrogen-bond acceptors (Lipinski definition) is 5. The van der Waals surface area contributed by atoms with Gasteiger partial charge in [0.1, 0.15) is 6.67 Å². The largest absolute Gasteiger partial charge is 0.354 e. The fourth-order valence-electron chi connectivity index (χ4n) is 2.64. The van der Waals surface area contributed by atoms with Crippen LogP contribution in [0.2, 0.25) is 0 Å². The van der Waals surface area contributed by atoms with Crippen LogP contribution in [0.1, 0.15) is 0 Å². The molecule has 0 radical (unpaired) electrons. The number of fused-ring (bicyclic) bond motifs is 1. The van der Waals surface area contributed by atoms with Gasteiger partial charge in [-0.05, 0) is 35.8 Å². The van der Waals surface area contributed by atoms with Gasteiger partial charge in [-0.2, -0.15) is 9.47 Å². The van der Waals surface area contributed by atoms with Crippen LogP contribution in [0.5, 0.6) is 0 Å². The smallest absolute Gasteiger partial charge is 0.268 e. The lowest BCUT2D eigenvalue weighted by molar-refractivity contribution is 0.336. The highest BCUT2D eigenvalue weighted by molar-refractivity contribution is 7.03. The van der Waals surface area contributed by atoms with Crippen molar-refractivity contribution in [3.05, 3.63) is 68.0 Å². The maximum Gasteiger partial charge on any atom is 0.268 e. The summed E-state index contributed by atoms with van der Waals surface area (Å²) in [5, 5.41) is 5.10. The molecular weight excluding hydrogens is 365 g/mol. The standard InChI is InChI=1S/C17H11F3N4OS/c18-12-5-10(6-13(19)17(12)20)14-1-2-16(25)24(22-14)9-23-4-3-15-11(8-23)7-21-26-15/h1-3,5-8H,4,9H2. The van der Waals surface area contributed by atoms with Crippen LogP contribution in [-0.4, -0.2) is 25.6 Å². The number of aromatic nitrogens is 3. The van der Waals surface area contributed by atoms with Gasteiger partial charge in [0.05, 0.1) is 10.2 Å². The Hall–Kier alpha value is -2.94. The molecule has 26 heavy (non-hydrogen) atoms. The van der Waals surface area contributed by atoms with E-state index in [0.717, 1.165) is 21.9 Å². The van der Waals surface area contributed by atoms with E-state index in [1.807, 2.05) is 17.2 Å². The van der Waals surface area contributed by atoms with E-state index < -0.39 is 17.5 Å². The Kier molecular flexibility index (Phi) is 4.08. The van der Waals surface area contributed by atoms with Crippen LogP contribution in [0.25, 0.3) is 23.5 Å². The summed E-state index contributed by atoms with van der Waals surface area (Å²) in [6.45, 7) is 0.734. The van der Waals surface area contributed by atoms with Gasteiger partial charge in [-0.1, -0.05) is 0 Å². The molecule has 2 aromatic heterocycles. The Balaban J connectivity index is 1.68. The first-order valence-electron chi connectivity index (χ1n) is 7.61. The van der Waals surface area contributed by atoms with Crippen molar-refractivity contribution >= 4 is 23.8 Å². The van der Waals surface area contributed by atoms with Crippen LogP contribution in [0.4, 0.5) is 13.2 Å². The van der Waals surface area contributed by atoms with Crippen LogP contribution < -0.4 is 15.3 Å². The summed E-state index contributed by atoms with van der Waals surface area (Å²) in [4.78, 5) is 14.0. The second kappa shape index (κ2) is 6.41. The van der Waals surface area contributed by atoms with Crippen molar-refractivity contribution in [3.8, 4) is 11.3 Å². The van der Waals surface area contributed by atoms with Gasteiger partial charge in [-0.3, -0.25) is 4.79 Å². The van der Waals surface area contributed by atoms with Crippen molar-refractivity contribution in [2.24, 2.45) is 0 Å². The van der Waals surface area contributed by atoms with E-state index in [4.69, 9.17) is 0 Å². The van der Waals surface area contributed by atoms with Crippen molar-refractivity contribution in [2.75, 3.05) is 6.54 Å². The zero-order valence-electron chi connectivity index (χ0n) is 13.2. The molecule has 1 aromatic carbocycles. The summed E-state index contributed by atoms with van der Waals surface area (Å²) in [7, 11) is 0. The van der Waals surface area contributed by atoms with E-state index in [9.17, 15) is 18.0 Å². The highest BCUT2D eigenvalue weighted by Crippen LogP contribution is 2.21. The lowest BCUT2D eigenvalue weighted by Gasteiger charge is -2.20. The van der Waals surface area contributed by atoms with Gasteiger partial charge in [0, 0.05) is 35.8 Å². The van der Waals surface area contributed by atoms with Gasteiger partial charge < -0.3 is 4.90 Å². The second-order valence-electron chi connectivity index (χ2n) is 5.70. The van der Waals surface area contributed by atoms with E-state index in [2.05, 4.69) is 9.47 Å². The molecule has 4 rings (SSSR count). The number of nitrogens with zero attached hydrogens (tertiary/aromatic N) is 4. The van der Waals surface area contributed by atoms with Crippen molar-refractivity contribution in [2.45, 2.75) is 6.67 Å². The van der Waals surface area contributed by atoms with Crippen LogP contribution in [-0.2, 0) is 6.67 Å². The monoisotopic (exact) mass is 376 g/mol. The molecule has 3 aromatic rings. The summed E-state index contributed by atoms with van der Waals surface area (Å²) in [5.74, 6) is -4.16. The summed E-state index contributed by atoms with van der Waals surface area (Å²) in [6, 6.07) is 4.30. The van der Waals surface area contributed by atoms with Crippen LogP contribution >= 0.6 is 11.5 Å². The van der Waals surface area contributed by atoms with Gasteiger partial charge >= 0.3 is 0 Å². The number of rotatable bonds is 3. The van der Waals surface area contributed by atoms with E-state index in [1.165, 1.54) is 28.3 Å². The molecule has 132 valence electrons. The molecule has 0 amide bonds. The van der Waals surface area contributed by atoms with Crippen molar-refractivity contribution in [3.63, 3.8) is 0 Å². The minimum Gasteiger partial charge on any atom is -0.354 e. The molecule has 3 heterocycles. The predicted octanol–water partition coefficient (Wildman–Crippen LogP) is 1.28. The maximum absolute atomic E-state index is 13.5. The molecule has 5 nitrogen and oxygen atoms in total. The highest BCUT2D eigenvalue weighted by atomic mass is 32.1. The lowest BCUT2D eigenvalue weighted by atomic mass is 10.1. The number of halogens is 3. The van der Waals surface area contributed by atoms with E-state index in [1.54, 1.807) is 6.20 Å². The molecule has 0 saturated carbocycles. The van der Waals surface area contributed by atoms with E-state index in [-0.39, 0.29) is 23.5 Å². The van der Waals surface area contributed by atoms with Gasteiger partial charge in [0.25, 0.3) is 5.56 Å². The average Bonchev–Trinajstić information content (AvgIpc) is 3.09. The van der Waals surface area contributed by atoms with Crippen LogP contribution in [0.3, 0.4) is 0 Å². The Morgan fingerprint density at radius 2 is 1.92 bits per heavy atom. The normalized spacial score (nSPS) is 13.1. The fraction of sp³-hybridized carbons (Fsp3) is 0.118. The quantitative estimate of drug-likeness (QED) is 0.647. The van der Waals surface area contributed by atoms with Crippen LogP contribution in [0, 0.1) is 17.5 Å². The first kappa shape index (κ1) is 16.5. The third-order valence-electron chi connectivity index (χ3n) is 3.92. The number of hydrogen-bond donors (Lipinski definition) is 0. The second-order valence-corrected chi connectivity index (χ2v) is 6.53. The molecule has 0 bridgehead atoms. The van der Waals surface area contributed by atoms with Crippen molar-refractivity contribution in [1.82, 2.24) is 19.1 Å². The molecule has 0 unspecified atom stereocenters. The first-order chi connectivity index (χ1) is 12.5. The molecule has 0 N–H and O–H groups in total. The Labute approximate surface area is 149 Å². The Morgan fingerprint density at radius 1 is 1.15 bits per heavy atom. The fourth-order valence-corrected chi connectivity index (χ4v) is 3.28. The molecule has 9 heteroatoms. The zero-order valence-corrected chi connectivity index (χ0v) is 14.0. The summed E-state index contributed by atoms with van der Waals surface area (Å²) in [6.07, 6.45) is 5.60. The van der Waals surface area contributed by atoms with Crippen molar-refractivity contribution < 1.29 is 13.2 Å². The van der Waals surface area contributed by atoms with Gasteiger partial charge in [-0.15, -0.1) is 0 Å². The van der Waals surface area contributed by atoms with Crippen LogP contribution in [0.15, 0.2) is 35.3 Å². The molecule has 0 atom stereocenters. The Bertz CT molecular complexity index is 1150. The maximum atomic E-state index is 13.5. The third-order valence-corrected chi connectivity index (χ3v) is 4.73. The third kappa shape index (κ3) is 3.01. The minimum atomic E-state index is -1.54. The summed E-state index contributed by atoms with van der Waals surface area (Å²) in [5.41, 5.74) is -0.144. The lowest BCUT2D eigenvalue weighted by Crippen LogP contribution is -2.36. The molecule has 0 spiro atoms. The minimum absolute atomic E-state index is 0.0497. The topological polar surface area (TPSA) is 51.0 Å². The zero-order chi connectivity index (χ0) is 18.3. The van der Waals surface area contributed by atoms with Crippen molar-refractivity contribution in [1.29, 1.82) is 0 Å². The molecule has 0 fully saturated rings. The first-order valence-corrected chi connectivity index (χ1v) is 8.38. The summed E-state index contributed by atoms with van der Waals surface area (Å²) < 4.78 is 46.4. The Morgan fingerprint density at radius 3 is 2.69 bits per heavy atom. The van der Waals surface area contributed by atoms with Gasteiger partial charge in [-0.25, -0.2) is 17.9 Å². The van der Waals surface area contributed by atoms with E-state index >= 15 is 0 Å². The predicted molar refractivity (Wildman–Crippen MR) is 90.8 cm³/mol. The van der Waals surface area contributed by atoms with Gasteiger partial charge in [0.2, 0.25) is 0 Å². The number of benzene rings is 1. The summed E-state index contributed by atoms with van der Waals surface area (Å²) >= 11 is 1.39. The molecule has 1 aliphatic heterocycles. The highest BCUT2D eigenvalue weighted by Gasteiger charge is 2.14. The molecule has 0 saturated heterocycles. The molecule has 0 aliphatic carbocycles. The SMILES string of the molecule is O=c1ccc(-c2cc(F)c(F)c(F)c2)nn1CN1C=c2cnsc2=CC1. The van der Waals surface area contributed by atoms with Gasteiger partial charge in [0.15, 0.2) is 17.5 Å². The molecule has 1 aliphatic rings. The average molecular weight is 376 g/mol.